The predicted octanol–water partition coefficient (Wildman–Crippen LogP) is 1.75. The minimum Gasteiger partial charge on any atom is -0.497 e. The lowest BCUT2D eigenvalue weighted by Crippen LogP contribution is -2.48. The van der Waals surface area contributed by atoms with E-state index < -0.39 is 0 Å². The predicted molar refractivity (Wildman–Crippen MR) is 94.6 cm³/mol. The van der Waals surface area contributed by atoms with Gasteiger partial charge in [0.05, 0.1) is 13.7 Å². The molecule has 134 valence electrons. The molecular formula is C18H24N4O3. The second-order valence-electron chi connectivity index (χ2n) is 6.27. The topological polar surface area (TPSA) is 70.8 Å². The molecule has 1 aliphatic rings. The molecule has 0 aliphatic carbocycles. The average Bonchev–Trinajstić information content (AvgIpc) is 3.01. The Hall–Kier alpha value is -2.38. The van der Waals surface area contributed by atoms with Gasteiger partial charge in [0.25, 0.3) is 0 Å². The van der Waals surface area contributed by atoms with E-state index in [1.54, 1.807) is 20.1 Å². The van der Waals surface area contributed by atoms with Crippen molar-refractivity contribution in [1.29, 1.82) is 0 Å². The summed E-state index contributed by atoms with van der Waals surface area (Å²) in [5.74, 6) is 1.98. The Morgan fingerprint density at radius 1 is 1.24 bits per heavy atom. The van der Waals surface area contributed by atoms with Crippen LogP contribution in [0.25, 0.3) is 0 Å². The van der Waals surface area contributed by atoms with Gasteiger partial charge in [0.1, 0.15) is 11.5 Å². The highest BCUT2D eigenvalue weighted by Gasteiger charge is 2.19. The van der Waals surface area contributed by atoms with E-state index in [1.807, 2.05) is 12.1 Å². The SMILES string of the molecule is COc1cccc(CN2CCN(CC(=O)Nc3cc(C)on3)CC2)c1. The quantitative estimate of drug-likeness (QED) is 0.861. The number of hydrogen-bond acceptors (Lipinski definition) is 6. The largest absolute Gasteiger partial charge is 0.497 e. The number of aromatic nitrogens is 1. The summed E-state index contributed by atoms with van der Waals surface area (Å²) in [5.41, 5.74) is 1.24. The summed E-state index contributed by atoms with van der Waals surface area (Å²) in [4.78, 5) is 16.6. The maximum Gasteiger partial charge on any atom is 0.239 e. The number of anilines is 1. The van der Waals surface area contributed by atoms with Crippen LogP contribution in [0.1, 0.15) is 11.3 Å². The lowest BCUT2D eigenvalue weighted by molar-refractivity contribution is -0.117. The Bertz CT molecular complexity index is 708. The van der Waals surface area contributed by atoms with Crippen molar-refractivity contribution in [2.45, 2.75) is 13.5 Å². The Morgan fingerprint density at radius 3 is 2.68 bits per heavy atom. The summed E-state index contributed by atoms with van der Waals surface area (Å²) in [5, 5.41) is 6.54. The molecule has 0 spiro atoms. The molecule has 1 aromatic heterocycles. The Balaban J connectivity index is 1.42. The molecule has 1 amide bonds. The maximum absolute atomic E-state index is 12.1. The van der Waals surface area contributed by atoms with Gasteiger partial charge in [0, 0.05) is 38.8 Å². The van der Waals surface area contributed by atoms with Gasteiger partial charge < -0.3 is 14.6 Å². The van der Waals surface area contributed by atoms with Gasteiger partial charge in [0.2, 0.25) is 5.91 Å². The highest BCUT2D eigenvalue weighted by atomic mass is 16.5. The smallest absolute Gasteiger partial charge is 0.239 e. The zero-order valence-corrected chi connectivity index (χ0v) is 14.7. The van der Waals surface area contributed by atoms with Crippen LogP contribution in [0.2, 0.25) is 0 Å². The molecule has 0 atom stereocenters. The number of aryl methyl sites for hydroxylation is 1. The van der Waals surface area contributed by atoms with Crippen LogP contribution < -0.4 is 10.1 Å². The lowest BCUT2D eigenvalue weighted by Gasteiger charge is -2.34. The van der Waals surface area contributed by atoms with Gasteiger partial charge in [0.15, 0.2) is 5.82 Å². The Kier molecular flexibility index (Phi) is 5.67. The Morgan fingerprint density at radius 2 is 2.00 bits per heavy atom. The molecule has 0 radical (unpaired) electrons. The number of nitrogens with one attached hydrogen (secondary N) is 1. The molecular weight excluding hydrogens is 320 g/mol. The van der Waals surface area contributed by atoms with Crippen LogP contribution in [-0.4, -0.2) is 60.7 Å². The minimum absolute atomic E-state index is 0.0606. The zero-order chi connectivity index (χ0) is 17.6. The first kappa shape index (κ1) is 17.4. The van der Waals surface area contributed by atoms with Crippen molar-refractivity contribution in [1.82, 2.24) is 15.0 Å². The van der Waals surface area contributed by atoms with Crippen LogP contribution in [0.15, 0.2) is 34.9 Å². The summed E-state index contributed by atoms with van der Waals surface area (Å²) in [6.07, 6.45) is 0. The molecule has 0 unspecified atom stereocenters. The number of carbonyl (C=O) groups excluding carboxylic acids is 1. The highest BCUT2D eigenvalue weighted by molar-refractivity contribution is 5.91. The fourth-order valence-electron chi connectivity index (χ4n) is 2.95. The van der Waals surface area contributed by atoms with E-state index >= 15 is 0 Å². The van der Waals surface area contributed by atoms with E-state index in [1.165, 1.54) is 5.56 Å². The first-order valence-corrected chi connectivity index (χ1v) is 8.43. The molecule has 2 heterocycles. The Labute approximate surface area is 147 Å². The molecule has 1 fully saturated rings. The second-order valence-corrected chi connectivity index (χ2v) is 6.27. The summed E-state index contributed by atoms with van der Waals surface area (Å²) < 4.78 is 10.2. The normalized spacial score (nSPS) is 15.9. The van der Waals surface area contributed by atoms with Crippen molar-refractivity contribution < 1.29 is 14.1 Å². The third-order valence-corrected chi connectivity index (χ3v) is 4.27. The molecule has 3 rings (SSSR count). The fourth-order valence-corrected chi connectivity index (χ4v) is 2.95. The maximum atomic E-state index is 12.1. The van der Waals surface area contributed by atoms with Crippen LogP contribution in [-0.2, 0) is 11.3 Å². The van der Waals surface area contributed by atoms with Gasteiger partial charge in [-0.1, -0.05) is 17.3 Å². The van der Waals surface area contributed by atoms with E-state index in [9.17, 15) is 4.79 Å². The first-order chi connectivity index (χ1) is 12.1. The van der Waals surface area contributed by atoms with Crippen LogP contribution >= 0.6 is 0 Å². The standard InChI is InChI=1S/C18H24N4O3/c1-14-10-17(20-25-14)19-18(23)13-22-8-6-21(7-9-22)12-15-4-3-5-16(11-15)24-2/h3-5,10-11H,6-9,12-13H2,1-2H3,(H,19,20,23). The third kappa shape index (κ3) is 5.04. The van der Waals surface area contributed by atoms with Gasteiger partial charge in [-0.2, -0.15) is 0 Å². The van der Waals surface area contributed by atoms with Gasteiger partial charge in [-0.15, -0.1) is 0 Å². The molecule has 1 N–H and O–H groups in total. The molecule has 7 heteroatoms. The van der Waals surface area contributed by atoms with E-state index in [2.05, 4.69) is 32.4 Å². The van der Waals surface area contributed by atoms with Crippen LogP contribution in [0, 0.1) is 6.92 Å². The summed E-state index contributed by atoms with van der Waals surface area (Å²) in [6, 6.07) is 9.86. The van der Waals surface area contributed by atoms with Crippen molar-refractivity contribution in [3.8, 4) is 5.75 Å². The number of benzene rings is 1. The van der Waals surface area contributed by atoms with Crippen molar-refractivity contribution in [2.24, 2.45) is 0 Å². The van der Waals surface area contributed by atoms with E-state index in [-0.39, 0.29) is 5.91 Å². The molecule has 2 aromatic rings. The highest BCUT2D eigenvalue weighted by Crippen LogP contribution is 2.15. The summed E-state index contributed by atoms with van der Waals surface area (Å²) in [7, 11) is 1.68. The van der Waals surface area contributed by atoms with Crippen molar-refractivity contribution in [3.63, 3.8) is 0 Å². The van der Waals surface area contributed by atoms with Crippen molar-refractivity contribution in [3.05, 3.63) is 41.7 Å². The molecule has 25 heavy (non-hydrogen) atoms. The van der Waals surface area contributed by atoms with Gasteiger partial charge >= 0.3 is 0 Å². The number of piperazine rings is 1. The van der Waals surface area contributed by atoms with Crippen molar-refractivity contribution >= 4 is 11.7 Å². The molecule has 1 saturated heterocycles. The molecule has 0 bridgehead atoms. The third-order valence-electron chi connectivity index (χ3n) is 4.27. The van der Waals surface area contributed by atoms with E-state index in [0.717, 1.165) is 38.5 Å². The molecule has 1 aliphatic heterocycles. The van der Waals surface area contributed by atoms with Crippen LogP contribution in [0.3, 0.4) is 0 Å². The van der Waals surface area contributed by atoms with E-state index in [4.69, 9.17) is 9.26 Å². The number of methoxy groups -OCH3 is 1. The van der Waals surface area contributed by atoms with Gasteiger partial charge in [-0.05, 0) is 24.6 Å². The zero-order valence-electron chi connectivity index (χ0n) is 14.7. The average molecular weight is 344 g/mol. The minimum atomic E-state index is -0.0606. The number of ether oxygens (including phenoxy) is 1. The molecule has 1 aromatic carbocycles. The van der Waals surface area contributed by atoms with Crippen LogP contribution in [0.4, 0.5) is 5.82 Å². The van der Waals surface area contributed by atoms with Crippen molar-refractivity contribution in [2.75, 3.05) is 45.2 Å². The number of rotatable bonds is 6. The monoisotopic (exact) mass is 344 g/mol. The fraction of sp³-hybridized carbons (Fsp3) is 0.444. The lowest BCUT2D eigenvalue weighted by atomic mass is 10.2. The number of nitrogens with zero attached hydrogens (tertiary/aromatic N) is 3. The number of amides is 1. The van der Waals surface area contributed by atoms with Gasteiger partial charge in [-0.25, -0.2) is 0 Å². The number of carbonyl (C=O) groups is 1. The van der Waals surface area contributed by atoms with Gasteiger partial charge in [-0.3, -0.25) is 14.6 Å². The second kappa shape index (κ2) is 8.13. The summed E-state index contributed by atoms with van der Waals surface area (Å²) in [6.45, 7) is 6.68. The van der Waals surface area contributed by atoms with Crippen LogP contribution in [0.5, 0.6) is 5.75 Å². The molecule has 0 saturated carbocycles. The number of hydrogen-bond donors (Lipinski definition) is 1. The summed E-state index contributed by atoms with van der Waals surface area (Å²) >= 11 is 0. The van der Waals surface area contributed by atoms with E-state index in [0.29, 0.717) is 18.1 Å². The molecule has 7 nitrogen and oxygen atoms in total. The first-order valence-electron chi connectivity index (χ1n) is 8.43.